The average Bonchev–Trinajstić information content (AvgIpc) is 2.54. The van der Waals surface area contributed by atoms with Crippen molar-refractivity contribution in [2.24, 2.45) is 11.3 Å². The van der Waals surface area contributed by atoms with Gasteiger partial charge in [-0.05, 0) is 44.8 Å². The zero-order valence-electron chi connectivity index (χ0n) is 15.1. The van der Waals surface area contributed by atoms with E-state index in [-0.39, 0.29) is 26.0 Å². The Labute approximate surface area is 145 Å². The normalized spacial score (nSPS) is 13.1. The lowest BCUT2D eigenvalue weighted by Gasteiger charge is -2.20. The first-order valence-corrected chi connectivity index (χ1v) is 9.60. The summed E-state index contributed by atoms with van der Waals surface area (Å²) in [6.45, 7) is 9.71. The molecule has 1 N–H and O–H groups in total. The van der Waals surface area contributed by atoms with Crippen LogP contribution in [0.25, 0.3) is 0 Å². The lowest BCUT2D eigenvalue weighted by Crippen LogP contribution is -2.27. The Bertz CT molecular complexity index is 297. The van der Waals surface area contributed by atoms with Crippen molar-refractivity contribution in [2.45, 2.75) is 47.0 Å². The lowest BCUT2D eigenvalue weighted by atomic mass is 9.91. The molecular weight excluding hydrogens is 316 g/mol. The van der Waals surface area contributed by atoms with E-state index in [1.807, 2.05) is 32.5 Å². The van der Waals surface area contributed by atoms with E-state index in [2.05, 4.69) is 6.92 Å². The highest BCUT2D eigenvalue weighted by Gasteiger charge is 2.26. The molecule has 0 saturated heterocycles. The molecule has 0 saturated carbocycles. The van der Waals surface area contributed by atoms with Crippen molar-refractivity contribution in [3.63, 3.8) is 0 Å². The van der Waals surface area contributed by atoms with Gasteiger partial charge in [-0.3, -0.25) is 4.79 Å². The number of aliphatic hydroxyl groups is 1. The molecule has 0 aliphatic carbocycles. The molecule has 1 atom stereocenters. The summed E-state index contributed by atoms with van der Waals surface area (Å²) in [7, 11) is 0. The Morgan fingerprint density at radius 2 is 1.91 bits per heavy atom. The minimum absolute atomic E-state index is 0.184. The number of hydrogen-bond donors (Lipinski definition) is 1. The zero-order chi connectivity index (χ0) is 17.6. The molecule has 0 spiro atoms. The highest BCUT2D eigenvalue weighted by atomic mass is 32.2. The quantitative estimate of drug-likeness (QED) is 0.278. The number of rotatable bonds is 15. The lowest BCUT2D eigenvalue weighted by molar-refractivity contribution is -0.157. The fourth-order valence-corrected chi connectivity index (χ4v) is 2.61. The van der Waals surface area contributed by atoms with Gasteiger partial charge in [0, 0.05) is 12.4 Å². The van der Waals surface area contributed by atoms with Crippen molar-refractivity contribution in [2.75, 3.05) is 44.7 Å². The zero-order valence-corrected chi connectivity index (χ0v) is 16.0. The monoisotopic (exact) mass is 350 g/mol. The van der Waals surface area contributed by atoms with E-state index in [1.54, 1.807) is 0 Å². The van der Waals surface area contributed by atoms with Crippen molar-refractivity contribution < 1.29 is 24.1 Å². The molecule has 23 heavy (non-hydrogen) atoms. The predicted molar refractivity (Wildman–Crippen MR) is 94.6 cm³/mol. The van der Waals surface area contributed by atoms with Crippen LogP contribution < -0.4 is 0 Å². The van der Waals surface area contributed by atoms with E-state index in [0.717, 1.165) is 30.8 Å². The smallest absolute Gasteiger partial charge is 0.311 e. The van der Waals surface area contributed by atoms with Crippen LogP contribution in [-0.4, -0.2) is 55.8 Å². The molecule has 0 bridgehead atoms. The topological polar surface area (TPSA) is 65.0 Å². The van der Waals surface area contributed by atoms with Gasteiger partial charge in [0.25, 0.3) is 0 Å². The summed E-state index contributed by atoms with van der Waals surface area (Å²) in [5.41, 5.74) is -0.429. The molecular formula is C17H34O5S. The highest BCUT2D eigenvalue weighted by Crippen LogP contribution is 2.21. The van der Waals surface area contributed by atoms with Crippen LogP contribution in [0, 0.1) is 11.3 Å². The van der Waals surface area contributed by atoms with Crippen molar-refractivity contribution >= 4 is 17.7 Å². The fraction of sp³-hybridized carbons (Fsp3) is 0.941. The minimum Gasteiger partial charge on any atom is -0.463 e. The number of carbonyl (C=O) groups excluding carboxylic acids is 1. The van der Waals surface area contributed by atoms with Gasteiger partial charge in [0.2, 0.25) is 0 Å². The van der Waals surface area contributed by atoms with Crippen LogP contribution in [0.1, 0.15) is 47.0 Å². The summed E-state index contributed by atoms with van der Waals surface area (Å²) in [6, 6.07) is 0. The SMILES string of the molecule is CCC(C)(C)C(=O)OCCOCOCCSCC(C)CCCO. The molecule has 0 aromatic carbocycles. The van der Waals surface area contributed by atoms with E-state index in [4.69, 9.17) is 19.3 Å². The molecule has 0 aliphatic heterocycles. The first-order valence-electron chi connectivity index (χ1n) is 8.45. The van der Waals surface area contributed by atoms with Crippen LogP contribution in [0.5, 0.6) is 0 Å². The van der Waals surface area contributed by atoms with Crippen LogP contribution in [0.2, 0.25) is 0 Å². The maximum Gasteiger partial charge on any atom is 0.311 e. The molecule has 6 heteroatoms. The standard InChI is InChI=1S/C17H34O5S/c1-5-17(3,4)16(19)22-10-9-20-14-21-11-12-23-13-15(2)7-6-8-18/h15,18H,5-14H2,1-4H3. The van der Waals surface area contributed by atoms with Gasteiger partial charge in [0.1, 0.15) is 13.4 Å². The van der Waals surface area contributed by atoms with E-state index in [1.165, 1.54) is 0 Å². The van der Waals surface area contributed by atoms with Crippen molar-refractivity contribution in [3.05, 3.63) is 0 Å². The maximum absolute atomic E-state index is 11.7. The number of aliphatic hydroxyl groups excluding tert-OH is 1. The second-order valence-corrected chi connectivity index (χ2v) is 7.50. The van der Waals surface area contributed by atoms with Gasteiger partial charge in [0.15, 0.2) is 0 Å². The van der Waals surface area contributed by atoms with E-state index in [9.17, 15) is 4.79 Å². The van der Waals surface area contributed by atoms with Crippen molar-refractivity contribution in [1.29, 1.82) is 0 Å². The van der Waals surface area contributed by atoms with Crippen molar-refractivity contribution in [3.8, 4) is 0 Å². The van der Waals surface area contributed by atoms with Crippen LogP contribution in [0.4, 0.5) is 0 Å². The van der Waals surface area contributed by atoms with Gasteiger partial charge in [-0.25, -0.2) is 0 Å². The van der Waals surface area contributed by atoms with Gasteiger partial charge in [0.05, 0.1) is 18.6 Å². The first-order chi connectivity index (χ1) is 10.9. The summed E-state index contributed by atoms with van der Waals surface area (Å²) >= 11 is 1.86. The van der Waals surface area contributed by atoms with Crippen LogP contribution >= 0.6 is 11.8 Å². The van der Waals surface area contributed by atoms with Crippen LogP contribution in [0.15, 0.2) is 0 Å². The molecule has 1 unspecified atom stereocenters. The van der Waals surface area contributed by atoms with Crippen molar-refractivity contribution in [1.82, 2.24) is 0 Å². The summed E-state index contributed by atoms with van der Waals surface area (Å²) in [5, 5.41) is 8.76. The van der Waals surface area contributed by atoms with Gasteiger partial charge in [-0.15, -0.1) is 0 Å². The molecule has 0 rings (SSSR count). The van der Waals surface area contributed by atoms with Gasteiger partial charge < -0.3 is 19.3 Å². The third kappa shape index (κ3) is 12.8. The summed E-state index contributed by atoms with van der Waals surface area (Å²) in [4.78, 5) is 11.7. The second kappa shape index (κ2) is 14.1. The molecule has 0 aliphatic rings. The Morgan fingerprint density at radius 1 is 1.22 bits per heavy atom. The van der Waals surface area contributed by atoms with Crippen LogP contribution in [0.3, 0.4) is 0 Å². The Morgan fingerprint density at radius 3 is 2.57 bits per heavy atom. The third-order valence-electron chi connectivity index (χ3n) is 3.69. The van der Waals surface area contributed by atoms with Gasteiger partial charge in [-0.2, -0.15) is 11.8 Å². The molecule has 0 fully saturated rings. The second-order valence-electron chi connectivity index (χ2n) is 6.35. The number of ether oxygens (including phenoxy) is 3. The van der Waals surface area contributed by atoms with Crippen LogP contribution in [-0.2, 0) is 19.0 Å². The summed E-state index contributed by atoms with van der Waals surface area (Å²) in [6.07, 6.45) is 2.71. The van der Waals surface area contributed by atoms with Gasteiger partial charge in [-0.1, -0.05) is 13.8 Å². The van der Waals surface area contributed by atoms with E-state index in [0.29, 0.717) is 19.1 Å². The van der Waals surface area contributed by atoms with Gasteiger partial charge >= 0.3 is 5.97 Å². The summed E-state index contributed by atoms with van der Waals surface area (Å²) in [5.74, 6) is 2.47. The maximum atomic E-state index is 11.7. The largest absolute Gasteiger partial charge is 0.463 e. The summed E-state index contributed by atoms with van der Waals surface area (Å²) < 4.78 is 15.8. The number of hydrogen-bond acceptors (Lipinski definition) is 6. The Kier molecular flexibility index (Phi) is 13.9. The number of thioether (sulfide) groups is 1. The molecule has 0 aromatic heterocycles. The Hall–Kier alpha value is -0.300. The molecule has 138 valence electrons. The molecule has 0 amide bonds. The predicted octanol–water partition coefficient (Wildman–Crippen LogP) is 3.10. The third-order valence-corrected chi connectivity index (χ3v) is 4.95. The average molecular weight is 351 g/mol. The Balaban J connectivity index is 3.33. The number of esters is 1. The minimum atomic E-state index is -0.429. The highest BCUT2D eigenvalue weighted by molar-refractivity contribution is 7.99. The molecule has 0 radical (unpaired) electrons. The van der Waals surface area contributed by atoms with E-state index < -0.39 is 5.41 Å². The number of carbonyl (C=O) groups is 1. The van der Waals surface area contributed by atoms with E-state index >= 15 is 0 Å². The fourth-order valence-electron chi connectivity index (χ4n) is 1.64. The molecule has 5 nitrogen and oxygen atoms in total. The first kappa shape index (κ1) is 22.7. The molecule has 0 aromatic rings. The molecule has 0 heterocycles.